The summed E-state index contributed by atoms with van der Waals surface area (Å²) in [6.45, 7) is 8.56. The van der Waals surface area contributed by atoms with Gasteiger partial charge in [0, 0.05) is 12.0 Å². The minimum atomic E-state index is -0.199. The zero-order chi connectivity index (χ0) is 20.1. The maximum Gasteiger partial charge on any atom is 0.262 e. The molecule has 0 saturated heterocycles. The first-order chi connectivity index (χ1) is 13.3. The number of benzene rings is 1. The molecule has 10 heteroatoms. The molecule has 146 valence electrons. The Bertz CT molecular complexity index is 1230. The van der Waals surface area contributed by atoms with Crippen LogP contribution in [-0.2, 0) is 17.7 Å². The third-order valence-corrected chi connectivity index (χ3v) is 5.50. The van der Waals surface area contributed by atoms with Crippen LogP contribution in [0.2, 0.25) is 0 Å². The van der Waals surface area contributed by atoms with E-state index in [0.29, 0.717) is 34.4 Å². The lowest BCUT2D eigenvalue weighted by Crippen LogP contribution is -2.24. The van der Waals surface area contributed by atoms with Gasteiger partial charge in [0.15, 0.2) is 5.82 Å². The van der Waals surface area contributed by atoms with Crippen LogP contribution in [0.15, 0.2) is 34.2 Å². The molecular weight excluding hydrogens is 376 g/mol. The Kier molecular flexibility index (Phi) is 4.37. The second-order valence-electron chi connectivity index (χ2n) is 7.53. The molecule has 0 aliphatic heterocycles. The zero-order valence-corrected chi connectivity index (χ0v) is 17.1. The average Bonchev–Trinajstić information content (AvgIpc) is 3.24. The zero-order valence-electron chi connectivity index (χ0n) is 16.2. The Balaban J connectivity index is 1.78. The van der Waals surface area contributed by atoms with Crippen molar-refractivity contribution in [1.29, 1.82) is 0 Å². The van der Waals surface area contributed by atoms with Crippen LogP contribution < -0.4 is 11.4 Å². The molecule has 0 radical (unpaired) electrons. The van der Waals surface area contributed by atoms with Gasteiger partial charge >= 0.3 is 0 Å². The van der Waals surface area contributed by atoms with Crippen LogP contribution in [0, 0.1) is 0 Å². The highest BCUT2D eigenvalue weighted by Gasteiger charge is 2.23. The van der Waals surface area contributed by atoms with Gasteiger partial charge in [-0.25, -0.2) is 4.68 Å². The van der Waals surface area contributed by atoms with Crippen molar-refractivity contribution in [2.45, 2.75) is 50.6 Å². The number of nitrogen functional groups attached to an aromatic ring is 1. The summed E-state index contributed by atoms with van der Waals surface area (Å²) in [7, 11) is 0. The quantitative estimate of drug-likeness (QED) is 0.413. The Labute approximate surface area is 165 Å². The number of para-hydroxylation sites is 1. The second kappa shape index (κ2) is 6.62. The van der Waals surface area contributed by atoms with Gasteiger partial charge in [0.05, 0.1) is 16.7 Å². The third-order valence-electron chi connectivity index (χ3n) is 4.56. The van der Waals surface area contributed by atoms with Crippen molar-refractivity contribution in [3.63, 3.8) is 0 Å². The lowest BCUT2D eigenvalue weighted by atomic mass is 9.96. The molecule has 0 amide bonds. The van der Waals surface area contributed by atoms with Crippen molar-refractivity contribution < 1.29 is 0 Å². The van der Waals surface area contributed by atoms with Gasteiger partial charge in [0.2, 0.25) is 10.9 Å². The molecule has 28 heavy (non-hydrogen) atoms. The van der Waals surface area contributed by atoms with Crippen LogP contribution in [0.4, 0.5) is 0 Å². The number of aryl methyl sites for hydroxylation is 1. The highest BCUT2D eigenvalue weighted by Crippen LogP contribution is 2.26. The highest BCUT2D eigenvalue weighted by atomic mass is 32.2. The molecule has 0 aliphatic carbocycles. The van der Waals surface area contributed by atoms with Crippen LogP contribution in [0.5, 0.6) is 0 Å². The van der Waals surface area contributed by atoms with E-state index in [9.17, 15) is 4.79 Å². The van der Waals surface area contributed by atoms with Gasteiger partial charge in [-0.3, -0.25) is 13.8 Å². The lowest BCUT2D eigenvalue weighted by Gasteiger charge is -2.16. The first-order valence-corrected chi connectivity index (χ1v) is 10.0. The first kappa shape index (κ1) is 18.5. The molecule has 3 aromatic heterocycles. The van der Waals surface area contributed by atoms with Gasteiger partial charge < -0.3 is 5.84 Å². The number of nitrogens with two attached hydrogens (primary N) is 1. The Morgan fingerprint density at radius 3 is 2.54 bits per heavy atom. The smallest absolute Gasteiger partial charge is 0.262 e. The lowest BCUT2D eigenvalue weighted by molar-refractivity contribution is 0.523. The van der Waals surface area contributed by atoms with Crippen molar-refractivity contribution in [2.24, 2.45) is 0 Å². The van der Waals surface area contributed by atoms with Crippen LogP contribution in [0.3, 0.4) is 0 Å². The molecule has 2 N–H and O–H groups in total. The summed E-state index contributed by atoms with van der Waals surface area (Å²) in [6, 6.07) is 7.50. The molecule has 0 saturated carbocycles. The van der Waals surface area contributed by atoms with Gasteiger partial charge in [-0.05, 0) is 19.1 Å². The fourth-order valence-corrected chi connectivity index (χ4v) is 3.98. The maximum atomic E-state index is 12.7. The van der Waals surface area contributed by atoms with E-state index in [0.717, 1.165) is 11.3 Å². The average molecular weight is 398 g/mol. The highest BCUT2D eigenvalue weighted by molar-refractivity contribution is 7.98. The molecule has 3 heterocycles. The minimum absolute atomic E-state index is 0.0614. The molecule has 0 aliphatic rings. The predicted octanol–water partition coefficient (Wildman–Crippen LogP) is 1.96. The number of nitrogens with zero attached hydrogens (tertiary/aromatic N) is 7. The van der Waals surface area contributed by atoms with E-state index in [2.05, 4.69) is 20.4 Å². The summed E-state index contributed by atoms with van der Waals surface area (Å²) < 4.78 is 5.08. The van der Waals surface area contributed by atoms with Crippen molar-refractivity contribution in [3.8, 4) is 0 Å². The molecule has 4 aromatic rings. The van der Waals surface area contributed by atoms with Crippen LogP contribution in [0.1, 0.15) is 39.3 Å². The SMILES string of the molecule is CCn1c(=O)c2ccccc2n2c(CSc3nnc(C(C)(C)C)n3N)nnc12. The number of hydrogen-bond donors (Lipinski definition) is 1. The summed E-state index contributed by atoms with van der Waals surface area (Å²) in [5, 5.41) is 18.3. The molecule has 0 bridgehead atoms. The Morgan fingerprint density at radius 2 is 1.86 bits per heavy atom. The van der Waals surface area contributed by atoms with E-state index >= 15 is 0 Å². The van der Waals surface area contributed by atoms with Crippen LogP contribution in [-0.4, -0.2) is 34.0 Å². The van der Waals surface area contributed by atoms with E-state index in [1.165, 1.54) is 16.4 Å². The molecule has 0 fully saturated rings. The van der Waals surface area contributed by atoms with E-state index < -0.39 is 0 Å². The van der Waals surface area contributed by atoms with E-state index in [1.807, 2.05) is 56.4 Å². The fraction of sp³-hybridized carbons (Fsp3) is 0.389. The van der Waals surface area contributed by atoms with E-state index in [1.54, 1.807) is 4.57 Å². The fourth-order valence-electron chi connectivity index (χ4n) is 3.21. The van der Waals surface area contributed by atoms with Crippen molar-refractivity contribution in [3.05, 3.63) is 46.3 Å². The van der Waals surface area contributed by atoms with E-state index in [-0.39, 0.29) is 11.0 Å². The Hall–Kier alpha value is -2.88. The molecule has 0 atom stereocenters. The van der Waals surface area contributed by atoms with Gasteiger partial charge in [-0.1, -0.05) is 44.7 Å². The molecule has 0 spiro atoms. The summed E-state index contributed by atoms with van der Waals surface area (Å²) >= 11 is 1.44. The van der Waals surface area contributed by atoms with Crippen molar-refractivity contribution in [1.82, 2.24) is 34.0 Å². The largest absolute Gasteiger partial charge is 0.336 e. The van der Waals surface area contributed by atoms with Crippen molar-refractivity contribution in [2.75, 3.05) is 5.84 Å². The topological polar surface area (TPSA) is 109 Å². The molecule has 4 rings (SSSR count). The molecule has 1 aromatic carbocycles. The monoisotopic (exact) mass is 398 g/mol. The van der Waals surface area contributed by atoms with Gasteiger partial charge in [-0.15, -0.1) is 20.4 Å². The van der Waals surface area contributed by atoms with Gasteiger partial charge in [-0.2, -0.15) is 0 Å². The summed E-state index contributed by atoms with van der Waals surface area (Å²) in [5.41, 5.74) is 0.529. The summed E-state index contributed by atoms with van der Waals surface area (Å²) in [5.74, 6) is 8.64. The number of aromatic nitrogens is 7. The van der Waals surface area contributed by atoms with Gasteiger partial charge in [0.25, 0.3) is 5.56 Å². The molecule has 0 unspecified atom stereocenters. The second-order valence-corrected chi connectivity index (χ2v) is 8.48. The molecule has 9 nitrogen and oxygen atoms in total. The number of hydrogen-bond acceptors (Lipinski definition) is 7. The minimum Gasteiger partial charge on any atom is -0.336 e. The normalized spacial score (nSPS) is 12.3. The standard InChI is InChI=1S/C18H22N8OS/c1-5-24-14(27)11-8-6-7-9-12(11)25-13(20-22-16(24)25)10-28-17-23-21-15(26(17)19)18(2,3)4/h6-9H,5,10,19H2,1-4H3. The number of rotatable bonds is 4. The summed E-state index contributed by atoms with van der Waals surface area (Å²) in [6.07, 6.45) is 0. The first-order valence-electron chi connectivity index (χ1n) is 9.02. The predicted molar refractivity (Wildman–Crippen MR) is 109 cm³/mol. The van der Waals surface area contributed by atoms with Crippen molar-refractivity contribution >= 4 is 28.4 Å². The number of fused-ring (bicyclic) bond motifs is 3. The van der Waals surface area contributed by atoms with Crippen LogP contribution >= 0.6 is 11.8 Å². The maximum absolute atomic E-state index is 12.7. The molecular formula is C18H22N8OS. The third kappa shape index (κ3) is 2.84. The summed E-state index contributed by atoms with van der Waals surface area (Å²) in [4.78, 5) is 12.7. The Morgan fingerprint density at radius 1 is 1.11 bits per heavy atom. The van der Waals surface area contributed by atoms with Crippen LogP contribution in [0.25, 0.3) is 16.7 Å². The van der Waals surface area contributed by atoms with E-state index in [4.69, 9.17) is 5.84 Å². The number of thioether (sulfide) groups is 1. The van der Waals surface area contributed by atoms with Gasteiger partial charge in [0.1, 0.15) is 5.82 Å².